The number of hydrogen-bond donors (Lipinski definition) is 2. The molecule has 2 heterocycles. The molecule has 2 saturated heterocycles. The molecule has 7 nitrogen and oxygen atoms in total. The zero-order valence-electron chi connectivity index (χ0n) is 20.4. The second kappa shape index (κ2) is 11.1. The normalized spacial score (nSPS) is 18.0. The SMILES string of the molecule is CCN1CCN(c2ccc(F)cc2[C@@H](C)NC(=O)Nc2ccc(N3CCOCC3)cc2C)CC1. The summed E-state index contributed by atoms with van der Waals surface area (Å²) in [5, 5.41) is 5.96. The maximum atomic E-state index is 14.2. The fraction of sp³-hybridized carbons (Fsp3) is 0.500. The van der Waals surface area contributed by atoms with Gasteiger partial charge in [0.05, 0.1) is 19.3 Å². The van der Waals surface area contributed by atoms with Crippen molar-refractivity contribution in [3.8, 4) is 0 Å². The van der Waals surface area contributed by atoms with E-state index in [4.69, 9.17) is 4.74 Å². The van der Waals surface area contributed by atoms with E-state index in [1.165, 1.54) is 12.1 Å². The van der Waals surface area contributed by atoms with Gasteiger partial charge in [0.2, 0.25) is 0 Å². The fourth-order valence-corrected chi connectivity index (χ4v) is 4.70. The molecule has 0 saturated carbocycles. The summed E-state index contributed by atoms with van der Waals surface area (Å²) in [7, 11) is 0. The van der Waals surface area contributed by atoms with E-state index < -0.39 is 0 Å². The molecular formula is C26H36FN5O2. The molecule has 0 unspecified atom stereocenters. The molecular weight excluding hydrogens is 433 g/mol. The number of carbonyl (C=O) groups excluding carboxylic acids is 1. The molecule has 1 atom stereocenters. The van der Waals surface area contributed by atoms with Gasteiger partial charge in [0, 0.05) is 61.9 Å². The van der Waals surface area contributed by atoms with E-state index >= 15 is 0 Å². The van der Waals surface area contributed by atoms with Gasteiger partial charge in [0.25, 0.3) is 0 Å². The van der Waals surface area contributed by atoms with Gasteiger partial charge in [-0.2, -0.15) is 0 Å². The molecule has 0 radical (unpaired) electrons. The number of likely N-dealkylation sites (N-methyl/N-ethyl adjacent to an activating group) is 1. The van der Waals surface area contributed by atoms with Gasteiger partial charge in [0.1, 0.15) is 5.82 Å². The maximum Gasteiger partial charge on any atom is 0.319 e. The predicted octanol–water partition coefficient (Wildman–Crippen LogP) is 4.00. The Morgan fingerprint density at radius 3 is 2.44 bits per heavy atom. The van der Waals surface area contributed by atoms with E-state index in [0.29, 0.717) is 0 Å². The highest BCUT2D eigenvalue weighted by molar-refractivity contribution is 5.90. The number of benzene rings is 2. The van der Waals surface area contributed by atoms with E-state index in [0.717, 1.165) is 87.2 Å². The van der Waals surface area contributed by atoms with Crippen LogP contribution in [0.4, 0.5) is 26.2 Å². The first-order chi connectivity index (χ1) is 16.4. The van der Waals surface area contributed by atoms with Crippen LogP contribution in [-0.2, 0) is 4.74 Å². The topological polar surface area (TPSA) is 60.1 Å². The molecule has 4 rings (SSSR count). The van der Waals surface area contributed by atoms with E-state index in [2.05, 4.69) is 38.3 Å². The minimum Gasteiger partial charge on any atom is -0.378 e. The van der Waals surface area contributed by atoms with Crippen LogP contribution in [0.1, 0.15) is 31.0 Å². The van der Waals surface area contributed by atoms with Gasteiger partial charge in [-0.05, 0) is 62.4 Å². The van der Waals surface area contributed by atoms with Crippen LogP contribution in [-0.4, -0.2) is 70.0 Å². The maximum absolute atomic E-state index is 14.2. The van der Waals surface area contributed by atoms with Crippen molar-refractivity contribution in [3.05, 3.63) is 53.3 Å². The number of carbonyl (C=O) groups is 1. The number of anilines is 3. The van der Waals surface area contributed by atoms with Crippen molar-refractivity contribution in [3.63, 3.8) is 0 Å². The number of nitrogens with zero attached hydrogens (tertiary/aromatic N) is 3. The van der Waals surface area contributed by atoms with Crippen LogP contribution < -0.4 is 20.4 Å². The number of halogens is 1. The summed E-state index contributed by atoms with van der Waals surface area (Å²) in [5.74, 6) is -0.297. The van der Waals surface area contributed by atoms with Crippen LogP contribution in [0.3, 0.4) is 0 Å². The van der Waals surface area contributed by atoms with E-state index in [1.54, 1.807) is 0 Å². The average molecular weight is 470 g/mol. The zero-order valence-corrected chi connectivity index (χ0v) is 20.4. The van der Waals surface area contributed by atoms with E-state index in [-0.39, 0.29) is 17.9 Å². The fourth-order valence-electron chi connectivity index (χ4n) is 4.70. The van der Waals surface area contributed by atoms with Gasteiger partial charge in [-0.1, -0.05) is 6.92 Å². The van der Waals surface area contributed by atoms with Crippen molar-refractivity contribution in [2.24, 2.45) is 0 Å². The van der Waals surface area contributed by atoms with Gasteiger partial charge < -0.3 is 30.1 Å². The molecule has 0 bridgehead atoms. The number of aryl methyl sites for hydroxylation is 1. The lowest BCUT2D eigenvalue weighted by Crippen LogP contribution is -2.46. The van der Waals surface area contributed by atoms with E-state index in [1.807, 2.05) is 32.0 Å². The first kappa shape index (κ1) is 24.3. The number of hydrogen-bond acceptors (Lipinski definition) is 5. The lowest BCUT2D eigenvalue weighted by molar-refractivity contribution is 0.122. The summed E-state index contributed by atoms with van der Waals surface area (Å²) < 4.78 is 19.6. The molecule has 8 heteroatoms. The Labute approximate surface area is 201 Å². The summed E-state index contributed by atoms with van der Waals surface area (Å²) in [5.41, 5.74) is 4.66. The summed E-state index contributed by atoms with van der Waals surface area (Å²) in [6, 6.07) is 10.3. The lowest BCUT2D eigenvalue weighted by Gasteiger charge is -2.37. The number of urea groups is 1. The van der Waals surface area contributed by atoms with E-state index in [9.17, 15) is 9.18 Å². The van der Waals surface area contributed by atoms with Crippen molar-refractivity contribution in [1.29, 1.82) is 0 Å². The first-order valence-electron chi connectivity index (χ1n) is 12.2. The van der Waals surface area contributed by atoms with Crippen LogP contribution >= 0.6 is 0 Å². The smallest absolute Gasteiger partial charge is 0.319 e. The lowest BCUT2D eigenvalue weighted by atomic mass is 10.0. The van der Waals surface area contributed by atoms with Crippen LogP contribution in [0, 0.1) is 12.7 Å². The Kier molecular flexibility index (Phi) is 7.90. The highest BCUT2D eigenvalue weighted by Gasteiger charge is 2.22. The number of nitrogens with one attached hydrogen (secondary N) is 2. The summed E-state index contributed by atoms with van der Waals surface area (Å²) >= 11 is 0. The Morgan fingerprint density at radius 2 is 1.76 bits per heavy atom. The van der Waals surface area contributed by atoms with Gasteiger partial charge in [0.15, 0.2) is 0 Å². The van der Waals surface area contributed by atoms with Gasteiger partial charge in [-0.3, -0.25) is 0 Å². The molecule has 0 aliphatic carbocycles. The molecule has 2 aromatic rings. The van der Waals surface area contributed by atoms with Crippen molar-refractivity contribution in [1.82, 2.24) is 10.2 Å². The number of piperazine rings is 1. The molecule has 2 N–H and O–H groups in total. The monoisotopic (exact) mass is 469 g/mol. The molecule has 0 spiro atoms. The Balaban J connectivity index is 1.41. The van der Waals surface area contributed by atoms with Crippen molar-refractivity contribution in [2.45, 2.75) is 26.8 Å². The Morgan fingerprint density at radius 1 is 1.03 bits per heavy atom. The second-order valence-electron chi connectivity index (χ2n) is 9.04. The first-order valence-corrected chi connectivity index (χ1v) is 12.2. The Bertz CT molecular complexity index is 987. The molecule has 2 aliphatic heterocycles. The van der Waals surface area contributed by atoms with Crippen LogP contribution in [0.2, 0.25) is 0 Å². The molecule has 2 aromatic carbocycles. The van der Waals surface area contributed by atoms with Crippen molar-refractivity contribution < 1.29 is 13.9 Å². The summed E-state index contributed by atoms with van der Waals surface area (Å²) in [6.07, 6.45) is 0. The third kappa shape index (κ3) is 5.80. The molecule has 2 aliphatic rings. The molecule has 2 amide bonds. The number of rotatable bonds is 6. The molecule has 2 fully saturated rings. The highest BCUT2D eigenvalue weighted by atomic mass is 19.1. The van der Waals surface area contributed by atoms with Gasteiger partial charge in [-0.15, -0.1) is 0 Å². The third-order valence-corrected chi connectivity index (χ3v) is 6.80. The average Bonchev–Trinajstić information content (AvgIpc) is 2.86. The minimum absolute atomic E-state index is 0.297. The zero-order chi connectivity index (χ0) is 24.1. The number of ether oxygens (including phenoxy) is 1. The Hall–Kier alpha value is -2.84. The van der Waals surface area contributed by atoms with Crippen molar-refractivity contribution in [2.75, 3.05) is 74.1 Å². The van der Waals surface area contributed by atoms with Gasteiger partial charge in [-0.25, -0.2) is 9.18 Å². The highest BCUT2D eigenvalue weighted by Crippen LogP contribution is 2.29. The molecule has 0 aromatic heterocycles. The quantitative estimate of drug-likeness (QED) is 0.670. The van der Waals surface area contributed by atoms with Crippen LogP contribution in [0.15, 0.2) is 36.4 Å². The van der Waals surface area contributed by atoms with Gasteiger partial charge >= 0.3 is 6.03 Å². The molecule has 184 valence electrons. The second-order valence-corrected chi connectivity index (χ2v) is 9.04. The summed E-state index contributed by atoms with van der Waals surface area (Å²) in [6.45, 7) is 14.0. The minimum atomic E-state index is -0.345. The summed E-state index contributed by atoms with van der Waals surface area (Å²) in [4.78, 5) is 19.8. The predicted molar refractivity (Wildman–Crippen MR) is 136 cm³/mol. The van der Waals surface area contributed by atoms with Crippen molar-refractivity contribution >= 4 is 23.1 Å². The van der Waals surface area contributed by atoms with Crippen LogP contribution in [0.25, 0.3) is 0 Å². The van der Waals surface area contributed by atoms with Crippen LogP contribution in [0.5, 0.6) is 0 Å². The molecule has 34 heavy (non-hydrogen) atoms. The standard InChI is InChI=1S/C26H36FN5O2/c1-4-30-9-11-32(12-10-30)25-8-5-21(27)18-23(25)20(3)28-26(33)29-24-7-6-22(17-19(24)2)31-13-15-34-16-14-31/h5-8,17-18,20H,4,9-16H2,1-3H3,(H2,28,29,33)/t20-/m1/s1. The number of amides is 2. The number of morpholine rings is 1. The largest absolute Gasteiger partial charge is 0.378 e. The third-order valence-electron chi connectivity index (χ3n) is 6.80.